The molecule has 2 heterocycles. The van der Waals surface area contributed by atoms with Crippen molar-refractivity contribution < 1.29 is 33.4 Å². The van der Waals surface area contributed by atoms with E-state index < -0.39 is 47.3 Å². The van der Waals surface area contributed by atoms with Crippen LogP contribution in [0.3, 0.4) is 0 Å². The van der Waals surface area contributed by atoms with E-state index in [9.17, 15) is 24.0 Å². The van der Waals surface area contributed by atoms with E-state index >= 15 is 0 Å². The molecule has 3 amide bonds. The van der Waals surface area contributed by atoms with Crippen molar-refractivity contribution in [2.45, 2.75) is 51.8 Å². The van der Waals surface area contributed by atoms with Crippen LogP contribution in [0.25, 0.3) is 11.1 Å². The van der Waals surface area contributed by atoms with Crippen LogP contribution in [0.4, 0.5) is 0 Å². The number of hydrogen-bond donors (Lipinski definition) is 1. The molecule has 2 atom stereocenters. The molecule has 1 aliphatic rings. The van der Waals surface area contributed by atoms with Gasteiger partial charge in [0, 0.05) is 31.0 Å². The topological polar surface area (TPSA) is 135 Å². The summed E-state index contributed by atoms with van der Waals surface area (Å²) in [4.78, 5) is 70.3. The lowest BCUT2D eigenvalue weighted by Gasteiger charge is -2.41. The van der Waals surface area contributed by atoms with Crippen molar-refractivity contribution in [3.05, 3.63) is 54.4 Å². The lowest BCUT2D eigenvalue weighted by molar-refractivity contribution is -0.164. The Morgan fingerprint density at radius 2 is 1.62 bits per heavy atom. The lowest BCUT2D eigenvalue weighted by atomic mass is 10.0. The molecular weight excluding hydrogens is 504 g/mol. The SMILES string of the molecule is COC(=O)CC1C(=O)N(CC(=O)OC(C)(C)C)CCN1C(=O)C(C)NC(=O)c1ccc(-c2ccncc2)cc1. The lowest BCUT2D eigenvalue weighted by Crippen LogP contribution is -2.62. The number of hydrogen-bond acceptors (Lipinski definition) is 8. The zero-order valence-corrected chi connectivity index (χ0v) is 22.8. The first kappa shape index (κ1) is 29.3. The molecule has 0 aliphatic carbocycles. The number of nitrogens with one attached hydrogen (secondary N) is 1. The van der Waals surface area contributed by atoms with E-state index in [1.165, 1.54) is 23.8 Å². The van der Waals surface area contributed by atoms with Gasteiger partial charge in [-0.05, 0) is 63.1 Å². The molecule has 0 radical (unpaired) electrons. The molecule has 1 aromatic carbocycles. The molecule has 39 heavy (non-hydrogen) atoms. The predicted octanol–water partition coefficient (Wildman–Crippen LogP) is 1.81. The molecule has 208 valence electrons. The summed E-state index contributed by atoms with van der Waals surface area (Å²) in [5, 5.41) is 2.67. The van der Waals surface area contributed by atoms with Gasteiger partial charge in [0.1, 0.15) is 24.2 Å². The number of nitrogens with zero attached hydrogens (tertiary/aromatic N) is 3. The number of carbonyl (C=O) groups is 5. The van der Waals surface area contributed by atoms with Crippen LogP contribution >= 0.6 is 0 Å². The summed E-state index contributed by atoms with van der Waals surface area (Å²) in [5.41, 5.74) is 1.49. The Bertz CT molecular complexity index is 1210. The molecule has 0 saturated carbocycles. The quantitative estimate of drug-likeness (QED) is 0.503. The number of benzene rings is 1. The molecule has 2 aromatic rings. The maximum Gasteiger partial charge on any atom is 0.326 e. The number of piperazine rings is 1. The van der Waals surface area contributed by atoms with Gasteiger partial charge in [0.2, 0.25) is 11.8 Å². The number of esters is 2. The fraction of sp³-hybridized carbons (Fsp3) is 0.429. The Kier molecular flexibility index (Phi) is 9.39. The van der Waals surface area contributed by atoms with Gasteiger partial charge in [0.25, 0.3) is 5.91 Å². The second-order valence-corrected chi connectivity index (χ2v) is 10.2. The zero-order valence-electron chi connectivity index (χ0n) is 22.8. The van der Waals surface area contributed by atoms with Crippen molar-refractivity contribution in [1.82, 2.24) is 20.1 Å². The first-order valence-electron chi connectivity index (χ1n) is 12.6. The number of pyridine rings is 1. The second-order valence-electron chi connectivity index (χ2n) is 10.2. The third kappa shape index (κ3) is 7.86. The van der Waals surface area contributed by atoms with E-state index in [2.05, 4.69) is 10.3 Å². The summed E-state index contributed by atoms with van der Waals surface area (Å²) in [7, 11) is 1.18. The van der Waals surface area contributed by atoms with Crippen LogP contribution in [-0.2, 0) is 28.7 Å². The van der Waals surface area contributed by atoms with Gasteiger partial charge in [-0.1, -0.05) is 12.1 Å². The summed E-state index contributed by atoms with van der Waals surface area (Å²) in [6.45, 7) is 6.49. The maximum atomic E-state index is 13.3. The molecular formula is C28H34N4O7. The second kappa shape index (κ2) is 12.5. The van der Waals surface area contributed by atoms with E-state index in [4.69, 9.17) is 9.47 Å². The minimum atomic E-state index is -1.18. The minimum absolute atomic E-state index is 0.0653. The minimum Gasteiger partial charge on any atom is -0.469 e. The Morgan fingerprint density at radius 3 is 2.21 bits per heavy atom. The Morgan fingerprint density at radius 1 is 1.00 bits per heavy atom. The maximum absolute atomic E-state index is 13.3. The standard InChI is InChI=1S/C28H34N4O7/c1-18(30-25(35)21-8-6-19(7-9-21)20-10-12-29-13-11-20)26(36)32-15-14-31(17-24(34)39-28(2,3)4)27(37)22(32)16-23(33)38-5/h6-13,18,22H,14-17H2,1-5H3,(H,30,35). The summed E-state index contributed by atoms with van der Waals surface area (Å²) in [6, 6.07) is 8.45. The van der Waals surface area contributed by atoms with E-state index in [0.717, 1.165) is 11.1 Å². The first-order chi connectivity index (χ1) is 18.4. The van der Waals surface area contributed by atoms with Crippen LogP contribution in [0, 0.1) is 0 Å². The smallest absolute Gasteiger partial charge is 0.326 e. The number of rotatable bonds is 8. The van der Waals surface area contributed by atoms with Gasteiger partial charge in [-0.15, -0.1) is 0 Å². The molecule has 1 N–H and O–H groups in total. The van der Waals surface area contributed by atoms with E-state index in [0.29, 0.717) is 5.56 Å². The monoisotopic (exact) mass is 538 g/mol. The van der Waals surface area contributed by atoms with Gasteiger partial charge < -0.3 is 24.6 Å². The van der Waals surface area contributed by atoms with Gasteiger partial charge in [-0.3, -0.25) is 29.0 Å². The molecule has 1 aromatic heterocycles. The highest BCUT2D eigenvalue weighted by Gasteiger charge is 2.41. The average molecular weight is 539 g/mol. The van der Waals surface area contributed by atoms with Crippen LogP contribution in [0.15, 0.2) is 48.8 Å². The summed E-state index contributed by atoms with van der Waals surface area (Å²) < 4.78 is 10.0. The number of carbonyl (C=O) groups excluding carboxylic acids is 5. The largest absolute Gasteiger partial charge is 0.469 e. The van der Waals surface area contributed by atoms with E-state index in [1.807, 2.05) is 12.1 Å². The highest BCUT2D eigenvalue weighted by Crippen LogP contribution is 2.20. The first-order valence-corrected chi connectivity index (χ1v) is 12.6. The zero-order chi connectivity index (χ0) is 28.7. The third-order valence-corrected chi connectivity index (χ3v) is 6.07. The molecule has 0 bridgehead atoms. The highest BCUT2D eigenvalue weighted by atomic mass is 16.6. The van der Waals surface area contributed by atoms with Crippen molar-refractivity contribution in [1.29, 1.82) is 0 Å². The van der Waals surface area contributed by atoms with Crippen LogP contribution in [0.1, 0.15) is 44.5 Å². The number of aromatic nitrogens is 1. The number of amides is 3. The van der Waals surface area contributed by atoms with E-state index in [1.54, 1.807) is 57.4 Å². The molecule has 2 unspecified atom stereocenters. The molecule has 3 rings (SSSR count). The van der Waals surface area contributed by atoms with Crippen molar-refractivity contribution in [2.75, 3.05) is 26.7 Å². The van der Waals surface area contributed by atoms with Crippen LogP contribution in [0.2, 0.25) is 0 Å². The summed E-state index contributed by atoms with van der Waals surface area (Å²) in [5.74, 6) is -2.84. The van der Waals surface area contributed by atoms with Gasteiger partial charge in [0.05, 0.1) is 13.5 Å². The molecule has 11 nitrogen and oxygen atoms in total. The van der Waals surface area contributed by atoms with Crippen LogP contribution in [0.5, 0.6) is 0 Å². The molecule has 1 fully saturated rings. The molecule has 0 spiro atoms. The summed E-state index contributed by atoms with van der Waals surface area (Å²) in [6.07, 6.45) is 2.97. The van der Waals surface area contributed by atoms with Gasteiger partial charge in [0.15, 0.2) is 0 Å². The fourth-order valence-electron chi connectivity index (χ4n) is 4.18. The third-order valence-electron chi connectivity index (χ3n) is 6.07. The average Bonchev–Trinajstić information content (AvgIpc) is 2.90. The van der Waals surface area contributed by atoms with Gasteiger partial charge in [-0.25, -0.2) is 0 Å². The normalized spacial score (nSPS) is 16.3. The number of methoxy groups -OCH3 is 1. The molecule has 1 aliphatic heterocycles. The van der Waals surface area contributed by atoms with Crippen molar-refractivity contribution in [2.24, 2.45) is 0 Å². The van der Waals surface area contributed by atoms with Crippen molar-refractivity contribution in [3.63, 3.8) is 0 Å². The Hall–Kier alpha value is -4.28. The van der Waals surface area contributed by atoms with E-state index in [-0.39, 0.29) is 26.1 Å². The highest BCUT2D eigenvalue weighted by molar-refractivity contribution is 5.99. The summed E-state index contributed by atoms with van der Waals surface area (Å²) >= 11 is 0. The number of ether oxygens (including phenoxy) is 2. The fourth-order valence-corrected chi connectivity index (χ4v) is 4.18. The Labute approximate surface area is 227 Å². The van der Waals surface area contributed by atoms with Crippen LogP contribution in [-0.4, -0.2) is 88.9 Å². The molecule has 1 saturated heterocycles. The van der Waals surface area contributed by atoms with Crippen molar-refractivity contribution in [3.8, 4) is 11.1 Å². The van der Waals surface area contributed by atoms with Crippen molar-refractivity contribution >= 4 is 29.7 Å². The predicted molar refractivity (Wildman–Crippen MR) is 141 cm³/mol. The van der Waals surface area contributed by atoms with Gasteiger partial charge >= 0.3 is 11.9 Å². The Balaban J connectivity index is 1.68. The van der Waals surface area contributed by atoms with Crippen LogP contribution < -0.4 is 5.32 Å². The van der Waals surface area contributed by atoms with Gasteiger partial charge in [-0.2, -0.15) is 0 Å². The molecule has 11 heteroatoms.